The zero-order valence-corrected chi connectivity index (χ0v) is 14.2. The maximum absolute atomic E-state index is 12.4. The minimum atomic E-state index is -0.0442. The van der Waals surface area contributed by atoms with Crippen molar-refractivity contribution in [1.82, 2.24) is 4.90 Å². The third kappa shape index (κ3) is 4.15. The van der Waals surface area contributed by atoms with Crippen molar-refractivity contribution in [2.45, 2.75) is 39.3 Å². The number of anilines is 1. The SMILES string of the molecule is Cc1cc(C)c(NC(=O)CN(Cc2ccco2)C2CC2)c(Cl)c1. The highest BCUT2D eigenvalue weighted by atomic mass is 35.5. The summed E-state index contributed by atoms with van der Waals surface area (Å²) in [7, 11) is 0. The lowest BCUT2D eigenvalue weighted by Gasteiger charge is -2.21. The summed E-state index contributed by atoms with van der Waals surface area (Å²) in [6.07, 6.45) is 3.94. The van der Waals surface area contributed by atoms with Crippen LogP contribution >= 0.6 is 11.6 Å². The average molecular weight is 333 g/mol. The lowest BCUT2D eigenvalue weighted by Crippen LogP contribution is -2.34. The monoisotopic (exact) mass is 332 g/mol. The zero-order valence-electron chi connectivity index (χ0n) is 13.4. The summed E-state index contributed by atoms with van der Waals surface area (Å²) < 4.78 is 5.40. The normalized spacial score (nSPS) is 14.3. The first-order valence-corrected chi connectivity index (χ1v) is 8.24. The molecule has 1 aromatic heterocycles. The van der Waals surface area contributed by atoms with E-state index in [1.54, 1.807) is 6.26 Å². The molecule has 0 spiro atoms. The molecule has 1 aromatic carbocycles. The van der Waals surface area contributed by atoms with Gasteiger partial charge in [0.25, 0.3) is 0 Å². The van der Waals surface area contributed by atoms with Gasteiger partial charge in [-0.3, -0.25) is 9.69 Å². The van der Waals surface area contributed by atoms with E-state index in [9.17, 15) is 4.79 Å². The topological polar surface area (TPSA) is 45.5 Å². The molecule has 122 valence electrons. The predicted octanol–water partition coefficient (Wildman–Crippen LogP) is 4.15. The van der Waals surface area contributed by atoms with E-state index in [1.165, 1.54) is 0 Å². The van der Waals surface area contributed by atoms with Crippen molar-refractivity contribution in [1.29, 1.82) is 0 Å². The number of halogens is 1. The molecule has 0 saturated heterocycles. The second-order valence-corrected chi connectivity index (χ2v) is 6.61. The van der Waals surface area contributed by atoms with Gasteiger partial charge in [-0.15, -0.1) is 0 Å². The molecule has 1 aliphatic rings. The van der Waals surface area contributed by atoms with Gasteiger partial charge in [0.2, 0.25) is 5.91 Å². The summed E-state index contributed by atoms with van der Waals surface area (Å²) in [6, 6.07) is 8.17. The van der Waals surface area contributed by atoms with Crippen LogP contribution in [0.2, 0.25) is 5.02 Å². The molecule has 0 bridgehead atoms. The summed E-state index contributed by atoms with van der Waals surface area (Å²) in [5.74, 6) is 0.839. The fourth-order valence-corrected chi connectivity index (χ4v) is 3.16. The van der Waals surface area contributed by atoms with Gasteiger partial charge < -0.3 is 9.73 Å². The minimum absolute atomic E-state index is 0.0442. The number of hydrogen-bond acceptors (Lipinski definition) is 3. The number of aryl methyl sites for hydroxylation is 2. The lowest BCUT2D eigenvalue weighted by atomic mass is 10.1. The fraction of sp³-hybridized carbons (Fsp3) is 0.389. The molecule has 1 amide bonds. The van der Waals surface area contributed by atoms with Gasteiger partial charge >= 0.3 is 0 Å². The molecule has 1 aliphatic carbocycles. The molecule has 1 heterocycles. The molecular weight excluding hydrogens is 312 g/mol. The van der Waals surface area contributed by atoms with Gasteiger partial charge in [-0.05, 0) is 56.0 Å². The fourth-order valence-electron chi connectivity index (χ4n) is 2.79. The van der Waals surface area contributed by atoms with Crippen molar-refractivity contribution in [2.24, 2.45) is 0 Å². The van der Waals surface area contributed by atoms with Crippen molar-refractivity contribution < 1.29 is 9.21 Å². The molecule has 2 aromatic rings. The maximum atomic E-state index is 12.4. The van der Waals surface area contributed by atoms with Crippen LogP contribution in [0.4, 0.5) is 5.69 Å². The average Bonchev–Trinajstić information content (AvgIpc) is 3.20. The molecular formula is C18H21ClN2O2. The second kappa shape index (κ2) is 6.77. The number of benzene rings is 1. The number of nitrogens with zero attached hydrogens (tertiary/aromatic N) is 1. The van der Waals surface area contributed by atoms with Crippen molar-refractivity contribution in [3.63, 3.8) is 0 Å². The van der Waals surface area contributed by atoms with Gasteiger partial charge in [0.1, 0.15) is 5.76 Å². The second-order valence-electron chi connectivity index (χ2n) is 6.20. The van der Waals surface area contributed by atoms with Crippen molar-refractivity contribution in [3.05, 3.63) is 52.4 Å². The summed E-state index contributed by atoms with van der Waals surface area (Å²) in [4.78, 5) is 14.6. The van der Waals surface area contributed by atoms with Gasteiger partial charge in [0.05, 0.1) is 30.1 Å². The van der Waals surface area contributed by atoms with Crippen LogP contribution in [0.15, 0.2) is 34.9 Å². The Morgan fingerprint density at radius 2 is 2.17 bits per heavy atom. The summed E-state index contributed by atoms with van der Waals surface area (Å²) >= 11 is 6.26. The predicted molar refractivity (Wildman–Crippen MR) is 91.7 cm³/mol. The summed E-state index contributed by atoms with van der Waals surface area (Å²) in [6.45, 7) is 4.94. The standard InChI is InChI=1S/C18H21ClN2O2/c1-12-8-13(2)18(16(19)9-12)20-17(22)11-21(14-5-6-14)10-15-4-3-7-23-15/h3-4,7-9,14H,5-6,10-11H2,1-2H3,(H,20,22). The van der Waals surface area contributed by atoms with Crippen LogP contribution in [0.25, 0.3) is 0 Å². The van der Waals surface area contributed by atoms with Crippen LogP contribution in [0.5, 0.6) is 0 Å². The molecule has 3 rings (SSSR count). The molecule has 0 unspecified atom stereocenters. The van der Waals surface area contributed by atoms with Gasteiger partial charge in [-0.1, -0.05) is 17.7 Å². The smallest absolute Gasteiger partial charge is 0.238 e. The van der Waals surface area contributed by atoms with E-state index in [-0.39, 0.29) is 5.91 Å². The number of nitrogens with one attached hydrogen (secondary N) is 1. The first kappa shape index (κ1) is 16.1. The van der Waals surface area contributed by atoms with Gasteiger partial charge in [-0.25, -0.2) is 0 Å². The molecule has 0 atom stereocenters. The Morgan fingerprint density at radius 1 is 1.39 bits per heavy atom. The Hall–Kier alpha value is -1.78. The van der Waals surface area contributed by atoms with Crippen LogP contribution in [0.3, 0.4) is 0 Å². The Morgan fingerprint density at radius 3 is 2.78 bits per heavy atom. The van der Waals surface area contributed by atoms with Gasteiger partial charge in [0.15, 0.2) is 0 Å². The quantitative estimate of drug-likeness (QED) is 0.864. The molecule has 23 heavy (non-hydrogen) atoms. The van der Waals surface area contributed by atoms with Gasteiger partial charge in [0, 0.05) is 6.04 Å². The maximum Gasteiger partial charge on any atom is 0.238 e. The molecule has 5 heteroatoms. The van der Waals surface area contributed by atoms with Crippen LogP contribution in [-0.4, -0.2) is 23.4 Å². The third-order valence-corrected chi connectivity index (χ3v) is 4.34. The van der Waals surface area contributed by atoms with Gasteiger partial charge in [-0.2, -0.15) is 0 Å². The zero-order chi connectivity index (χ0) is 16.4. The van der Waals surface area contributed by atoms with E-state index >= 15 is 0 Å². The number of hydrogen-bond donors (Lipinski definition) is 1. The number of carbonyl (C=O) groups excluding carboxylic acids is 1. The van der Waals surface area contributed by atoms with Crippen LogP contribution < -0.4 is 5.32 Å². The Labute approximate surface area is 141 Å². The first-order valence-electron chi connectivity index (χ1n) is 7.86. The van der Waals surface area contributed by atoms with E-state index in [4.69, 9.17) is 16.0 Å². The minimum Gasteiger partial charge on any atom is -0.468 e. The van der Waals surface area contributed by atoms with Crippen molar-refractivity contribution >= 4 is 23.2 Å². The summed E-state index contributed by atoms with van der Waals surface area (Å²) in [5, 5.41) is 3.54. The Bertz CT molecular complexity index is 670. The molecule has 1 fully saturated rings. The molecule has 1 saturated carbocycles. The third-order valence-electron chi connectivity index (χ3n) is 4.05. The Balaban J connectivity index is 1.66. The largest absolute Gasteiger partial charge is 0.468 e. The number of furan rings is 1. The first-order chi connectivity index (χ1) is 11.0. The molecule has 4 nitrogen and oxygen atoms in total. The van der Waals surface area contributed by atoms with E-state index in [2.05, 4.69) is 10.2 Å². The van der Waals surface area contributed by atoms with E-state index in [1.807, 2.05) is 38.1 Å². The van der Waals surface area contributed by atoms with Crippen molar-refractivity contribution in [2.75, 3.05) is 11.9 Å². The number of carbonyl (C=O) groups is 1. The molecule has 1 N–H and O–H groups in total. The van der Waals surface area contributed by atoms with Crippen LogP contribution in [0.1, 0.15) is 29.7 Å². The summed E-state index contributed by atoms with van der Waals surface area (Å²) in [5.41, 5.74) is 2.77. The highest BCUT2D eigenvalue weighted by Gasteiger charge is 2.31. The highest BCUT2D eigenvalue weighted by molar-refractivity contribution is 6.34. The molecule has 0 aliphatic heterocycles. The Kier molecular flexibility index (Phi) is 4.74. The molecule has 0 radical (unpaired) electrons. The van der Waals surface area contributed by atoms with E-state index < -0.39 is 0 Å². The number of rotatable bonds is 6. The van der Waals surface area contributed by atoms with Crippen molar-refractivity contribution in [3.8, 4) is 0 Å². The lowest BCUT2D eigenvalue weighted by molar-refractivity contribution is -0.117. The highest BCUT2D eigenvalue weighted by Crippen LogP contribution is 2.30. The van der Waals surface area contributed by atoms with E-state index in [0.29, 0.717) is 29.8 Å². The van der Waals surface area contributed by atoms with Crippen LogP contribution in [-0.2, 0) is 11.3 Å². The van der Waals surface area contributed by atoms with E-state index in [0.717, 1.165) is 29.7 Å². The number of amides is 1. The van der Waals surface area contributed by atoms with Crippen LogP contribution in [0, 0.1) is 13.8 Å².